The smallest absolute Gasteiger partial charge is 0.414 e. The zero-order valence-electron chi connectivity index (χ0n) is 12.5. The number of benzene rings is 1. The molecule has 0 N–H and O–H groups in total. The molecule has 0 bridgehead atoms. The minimum Gasteiger partial charge on any atom is -0.443 e. The summed E-state index contributed by atoms with van der Waals surface area (Å²) in [5.74, 6) is -2.66. The molecule has 0 saturated heterocycles. The topological polar surface area (TPSA) is 29.5 Å². The van der Waals surface area contributed by atoms with Crippen LogP contribution < -0.4 is 4.90 Å². The molecule has 114 valence electrons. The molecule has 21 heavy (non-hydrogen) atoms. The number of carbonyl (C=O) groups is 1. The first-order valence-electron chi connectivity index (χ1n) is 7.14. The van der Waals surface area contributed by atoms with Gasteiger partial charge in [0, 0.05) is 13.0 Å². The lowest BCUT2D eigenvalue weighted by atomic mass is 9.86. The maximum atomic E-state index is 13.8. The second-order valence-corrected chi connectivity index (χ2v) is 6.86. The van der Waals surface area contributed by atoms with Crippen LogP contribution in [0.25, 0.3) is 0 Å². The van der Waals surface area contributed by atoms with Crippen LogP contribution >= 0.6 is 0 Å². The van der Waals surface area contributed by atoms with Crippen molar-refractivity contribution in [1.82, 2.24) is 0 Å². The first kappa shape index (κ1) is 14.3. The molecular formula is C16H19F2NO2. The molecular weight excluding hydrogens is 276 g/mol. The number of carbonyl (C=O) groups excluding carboxylic acids is 1. The third-order valence-corrected chi connectivity index (χ3v) is 4.19. The van der Waals surface area contributed by atoms with E-state index in [4.69, 9.17) is 4.74 Å². The summed E-state index contributed by atoms with van der Waals surface area (Å²) >= 11 is 0. The lowest BCUT2D eigenvalue weighted by molar-refractivity contribution is 0.0557. The van der Waals surface area contributed by atoms with Crippen molar-refractivity contribution >= 4 is 11.8 Å². The van der Waals surface area contributed by atoms with Gasteiger partial charge in [-0.15, -0.1) is 0 Å². The Bertz CT molecular complexity index is 594. The van der Waals surface area contributed by atoms with Gasteiger partial charge in [0.2, 0.25) is 0 Å². The van der Waals surface area contributed by atoms with Gasteiger partial charge in [0.05, 0.1) is 11.1 Å². The number of hydrogen-bond acceptors (Lipinski definition) is 2. The van der Waals surface area contributed by atoms with Crippen LogP contribution in [0, 0.1) is 0 Å². The maximum absolute atomic E-state index is 13.8. The van der Waals surface area contributed by atoms with Crippen LogP contribution in [-0.4, -0.2) is 24.2 Å². The fourth-order valence-corrected chi connectivity index (χ4v) is 3.08. The quantitative estimate of drug-likeness (QED) is 0.721. The Balaban J connectivity index is 1.95. The van der Waals surface area contributed by atoms with E-state index in [1.807, 2.05) is 0 Å². The molecule has 5 heteroatoms. The molecule has 1 aromatic rings. The number of fused-ring (bicyclic) bond motifs is 2. The van der Waals surface area contributed by atoms with E-state index in [1.54, 1.807) is 45.0 Å². The lowest BCUT2D eigenvalue weighted by Crippen LogP contribution is -2.43. The number of anilines is 1. The Labute approximate surface area is 122 Å². The molecule has 1 aliphatic heterocycles. The molecule has 1 fully saturated rings. The van der Waals surface area contributed by atoms with Crippen LogP contribution in [0.5, 0.6) is 0 Å². The highest BCUT2D eigenvalue weighted by molar-refractivity contribution is 5.90. The van der Waals surface area contributed by atoms with Gasteiger partial charge < -0.3 is 4.74 Å². The standard InChI is InChI=1S/C16H19F2NO2/c1-14(2,3)21-13(20)19-9-8-15(10-16(15,17)18)11-6-4-5-7-12(11)19/h4-7H,8-10H2,1-3H3. The van der Waals surface area contributed by atoms with Crippen LogP contribution in [0.2, 0.25) is 0 Å². The Hall–Kier alpha value is -1.65. The van der Waals surface area contributed by atoms with E-state index in [0.29, 0.717) is 11.3 Å². The third-order valence-electron chi connectivity index (χ3n) is 4.19. The zero-order valence-corrected chi connectivity index (χ0v) is 12.5. The van der Waals surface area contributed by atoms with Gasteiger partial charge in [0.1, 0.15) is 5.60 Å². The molecule has 1 aromatic carbocycles. The number of nitrogens with zero attached hydrogens (tertiary/aromatic N) is 1. The SMILES string of the molecule is CC(C)(C)OC(=O)N1CCC2(CC2(F)F)c2ccccc21. The number of hydrogen-bond donors (Lipinski definition) is 0. The van der Waals surface area contributed by atoms with Crippen molar-refractivity contribution < 1.29 is 18.3 Å². The fourth-order valence-electron chi connectivity index (χ4n) is 3.08. The second kappa shape index (κ2) is 4.18. The highest BCUT2D eigenvalue weighted by atomic mass is 19.3. The van der Waals surface area contributed by atoms with Gasteiger partial charge in [0.15, 0.2) is 0 Å². The molecule has 1 spiro atoms. The van der Waals surface area contributed by atoms with E-state index in [9.17, 15) is 13.6 Å². The van der Waals surface area contributed by atoms with Gasteiger partial charge in [-0.3, -0.25) is 4.90 Å². The van der Waals surface area contributed by atoms with Crippen molar-refractivity contribution in [3.63, 3.8) is 0 Å². The molecule has 1 heterocycles. The molecule has 1 aliphatic carbocycles. The van der Waals surface area contributed by atoms with Crippen molar-refractivity contribution in [2.45, 2.75) is 50.6 Å². The van der Waals surface area contributed by atoms with Crippen LogP contribution in [0.4, 0.5) is 19.3 Å². The summed E-state index contributed by atoms with van der Waals surface area (Å²) in [4.78, 5) is 13.8. The van der Waals surface area contributed by atoms with Gasteiger partial charge >= 0.3 is 6.09 Å². The van der Waals surface area contributed by atoms with Crippen molar-refractivity contribution in [2.75, 3.05) is 11.4 Å². The van der Waals surface area contributed by atoms with E-state index in [0.717, 1.165) is 0 Å². The summed E-state index contributed by atoms with van der Waals surface area (Å²) in [5.41, 5.74) is -0.574. The molecule has 2 aliphatic rings. The van der Waals surface area contributed by atoms with E-state index in [1.165, 1.54) is 4.90 Å². The molecule has 1 atom stereocenters. The van der Waals surface area contributed by atoms with Gasteiger partial charge in [-0.05, 0) is 38.8 Å². The fraction of sp³-hybridized carbons (Fsp3) is 0.562. The minimum absolute atomic E-state index is 0.126. The first-order valence-corrected chi connectivity index (χ1v) is 7.14. The second-order valence-electron chi connectivity index (χ2n) is 6.86. The summed E-state index contributed by atoms with van der Waals surface area (Å²) in [7, 11) is 0. The molecule has 0 radical (unpaired) electrons. The third kappa shape index (κ3) is 2.19. The predicted octanol–water partition coefficient (Wildman–Crippen LogP) is 4.11. The molecule has 1 saturated carbocycles. The highest BCUT2D eigenvalue weighted by Crippen LogP contribution is 2.66. The summed E-state index contributed by atoms with van der Waals surface area (Å²) in [5, 5.41) is 0. The van der Waals surface area contributed by atoms with Crippen LogP contribution in [-0.2, 0) is 10.2 Å². The van der Waals surface area contributed by atoms with Gasteiger partial charge in [-0.2, -0.15) is 0 Å². The summed E-state index contributed by atoms with van der Waals surface area (Å²) in [6.07, 6.45) is -0.330. The molecule has 0 aromatic heterocycles. The number of amides is 1. The average molecular weight is 295 g/mol. The van der Waals surface area contributed by atoms with E-state index in [2.05, 4.69) is 0 Å². The molecule has 3 nitrogen and oxygen atoms in total. The van der Waals surface area contributed by atoms with Crippen LogP contribution in [0.3, 0.4) is 0 Å². The van der Waals surface area contributed by atoms with E-state index < -0.39 is 23.0 Å². The summed E-state index contributed by atoms with van der Waals surface area (Å²) in [6, 6.07) is 6.92. The summed E-state index contributed by atoms with van der Waals surface area (Å²) < 4.78 is 33.0. The molecule has 1 amide bonds. The monoisotopic (exact) mass is 295 g/mol. The lowest BCUT2D eigenvalue weighted by Gasteiger charge is -2.35. The first-order chi connectivity index (χ1) is 9.66. The van der Waals surface area contributed by atoms with E-state index >= 15 is 0 Å². The number of rotatable bonds is 0. The Morgan fingerprint density at radius 3 is 2.48 bits per heavy atom. The van der Waals surface area contributed by atoms with Gasteiger partial charge in [0.25, 0.3) is 5.92 Å². The Morgan fingerprint density at radius 2 is 1.90 bits per heavy atom. The number of halogens is 2. The van der Waals surface area contributed by atoms with Crippen molar-refractivity contribution in [3.05, 3.63) is 29.8 Å². The van der Waals surface area contributed by atoms with Crippen LogP contribution in [0.15, 0.2) is 24.3 Å². The van der Waals surface area contributed by atoms with Crippen molar-refractivity contribution in [1.29, 1.82) is 0 Å². The van der Waals surface area contributed by atoms with Crippen molar-refractivity contribution in [2.24, 2.45) is 0 Å². The van der Waals surface area contributed by atoms with Gasteiger partial charge in [-0.25, -0.2) is 13.6 Å². The Morgan fingerprint density at radius 1 is 1.29 bits per heavy atom. The molecule has 3 rings (SSSR count). The number of ether oxygens (including phenoxy) is 1. The predicted molar refractivity (Wildman–Crippen MR) is 75.9 cm³/mol. The molecule has 1 unspecified atom stereocenters. The zero-order chi connectivity index (χ0) is 15.5. The average Bonchev–Trinajstić information content (AvgIpc) is 2.90. The maximum Gasteiger partial charge on any atom is 0.414 e. The normalized spacial score (nSPS) is 26.4. The number of alkyl halides is 2. The number of para-hydroxylation sites is 1. The minimum atomic E-state index is -2.66. The van der Waals surface area contributed by atoms with Crippen molar-refractivity contribution in [3.8, 4) is 0 Å². The summed E-state index contributed by atoms with van der Waals surface area (Å²) in [6.45, 7) is 5.63. The van der Waals surface area contributed by atoms with Crippen LogP contribution in [0.1, 0.15) is 39.2 Å². The van der Waals surface area contributed by atoms with E-state index in [-0.39, 0.29) is 19.4 Å². The Kier molecular flexibility index (Phi) is 2.85. The largest absolute Gasteiger partial charge is 0.443 e. The van der Waals surface area contributed by atoms with Gasteiger partial charge in [-0.1, -0.05) is 18.2 Å². The highest BCUT2D eigenvalue weighted by Gasteiger charge is 2.73.